The van der Waals surface area contributed by atoms with Gasteiger partial charge in [-0.3, -0.25) is 24.8 Å². The van der Waals surface area contributed by atoms with Crippen LogP contribution >= 0.6 is 0 Å². The Kier molecular flexibility index (Phi) is 20.8. The maximum atomic E-state index is 14.0. The van der Waals surface area contributed by atoms with Crippen LogP contribution in [-0.4, -0.2) is 168 Å². The lowest BCUT2D eigenvalue weighted by atomic mass is 9.98. The summed E-state index contributed by atoms with van der Waals surface area (Å²) in [7, 11) is 3.07. The number of morpholine rings is 2. The second kappa shape index (κ2) is 25.9. The van der Waals surface area contributed by atoms with Crippen molar-refractivity contribution in [3.63, 3.8) is 0 Å². The topological polar surface area (TPSA) is 207 Å². The SMILES string of the molecule is COc1ccc(CN(CC(O)C(Cc2ccccc2)NC(=O)[C@@H](NC(=O)NCCN2CCOCC2)C(C)C)NC(=O)[C@@H](NC(=O)NCCN2CCOCC2)C(C)C)cc1OC. The van der Waals surface area contributed by atoms with Gasteiger partial charge in [-0.15, -0.1) is 0 Å². The maximum Gasteiger partial charge on any atom is 0.315 e. The van der Waals surface area contributed by atoms with Crippen molar-refractivity contribution in [1.29, 1.82) is 0 Å². The first-order chi connectivity index (χ1) is 29.4. The molecule has 0 radical (unpaired) electrons. The molecule has 0 aromatic heterocycles. The molecule has 61 heavy (non-hydrogen) atoms. The van der Waals surface area contributed by atoms with Crippen LogP contribution in [0.15, 0.2) is 48.5 Å². The van der Waals surface area contributed by atoms with E-state index >= 15 is 0 Å². The molecule has 7 N–H and O–H groups in total. The lowest BCUT2D eigenvalue weighted by molar-refractivity contribution is -0.131. The number of rotatable bonds is 23. The number of aliphatic hydroxyl groups excluding tert-OH is 1. The van der Waals surface area contributed by atoms with Crippen molar-refractivity contribution in [2.75, 3.05) is 99.5 Å². The highest BCUT2D eigenvalue weighted by Crippen LogP contribution is 2.28. The number of ether oxygens (including phenoxy) is 4. The monoisotopic (exact) mass is 856 g/mol. The van der Waals surface area contributed by atoms with Crippen LogP contribution < -0.4 is 41.5 Å². The van der Waals surface area contributed by atoms with E-state index in [9.17, 15) is 24.3 Å². The third kappa shape index (κ3) is 16.9. The van der Waals surface area contributed by atoms with Gasteiger partial charge < -0.3 is 50.6 Å². The Morgan fingerprint density at radius 3 is 1.74 bits per heavy atom. The molecule has 6 amide bonds. The van der Waals surface area contributed by atoms with Crippen LogP contribution in [0, 0.1) is 11.8 Å². The first kappa shape index (κ1) is 48.9. The lowest BCUT2D eigenvalue weighted by Gasteiger charge is -2.33. The van der Waals surface area contributed by atoms with Gasteiger partial charge >= 0.3 is 12.1 Å². The molecule has 4 atom stereocenters. The summed E-state index contributed by atoms with van der Waals surface area (Å²) in [5.41, 5.74) is 4.54. The van der Waals surface area contributed by atoms with E-state index in [1.165, 1.54) is 14.2 Å². The first-order valence-corrected chi connectivity index (χ1v) is 21.3. The van der Waals surface area contributed by atoms with Crippen molar-refractivity contribution < 1.29 is 43.2 Å². The predicted molar refractivity (Wildman–Crippen MR) is 231 cm³/mol. The van der Waals surface area contributed by atoms with E-state index in [0.29, 0.717) is 64.1 Å². The largest absolute Gasteiger partial charge is 0.493 e. The molecule has 18 nitrogen and oxygen atoms in total. The Morgan fingerprint density at radius 2 is 1.23 bits per heavy atom. The standard InChI is InChI=1S/C43H69N9O9/c1-30(2)38(47-42(56)44-14-16-50-18-22-60-23-19-50)40(54)46-34(26-32-10-8-7-9-11-32)35(53)29-52(28-33-12-13-36(58-5)37(27-33)59-6)49-41(55)39(31(3)4)48-43(57)45-15-17-51-20-24-61-25-21-51/h7-13,27,30-31,34-35,38-39,53H,14-26,28-29H2,1-6H3,(H,46,54)(H,49,55)(H2,44,47,56)(H2,45,48,57)/t34?,35?,38-,39-/m0/s1. The van der Waals surface area contributed by atoms with Crippen molar-refractivity contribution >= 4 is 23.9 Å². The van der Waals surface area contributed by atoms with Crippen LogP contribution in [0.1, 0.15) is 38.8 Å². The summed E-state index contributed by atoms with van der Waals surface area (Å²) < 4.78 is 21.8. The summed E-state index contributed by atoms with van der Waals surface area (Å²) in [5.74, 6) is -0.516. The van der Waals surface area contributed by atoms with Gasteiger partial charge in [0.1, 0.15) is 12.1 Å². The van der Waals surface area contributed by atoms with Gasteiger partial charge in [0, 0.05) is 65.4 Å². The minimum absolute atomic E-state index is 0.118. The number of hydrogen-bond acceptors (Lipinski definition) is 12. The average Bonchev–Trinajstić information content (AvgIpc) is 3.25. The maximum absolute atomic E-state index is 14.0. The van der Waals surface area contributed by atoms with Crippen LogP contribution in [-0.2, 0) is 32.0 Å². The third-order valence-electron chi connectivity index (χ3n) is 10.7. The van der Waals surface area contributed by atoms with E-state index in [2.05, 4.69) is 41.8 Å². The minimum atomic E-state index is -1.23. The fourth-order valence-electron chi connectivity index (χ4n) is 7.11. The second-order valence-electron chi connectivity index (χ2n) is 16.1. The van der Waals surface area contributed by atoms with Crippen LogP contribution in [0.3, 0.4) is 0 Å². The fourth-order valence-corrected chi connectivity index (χ4v) is 7.11. The molecule has 4 rings (SSSR count). The van der Waals surface area contributed by atoms with E-state index in [-0.39, 0.29) is 31.3 Å². The number of carbonyl (C=O) groups is 4. The van der Waals surface area contributed by atoms with Crippen molar-refractivity contribution in [3.05, 3.63) is 59.7 Å². The molecule has 2 saturated heterocycles. The van der Waals surface area contributed by atoms with Gasteiger partial charge in [0.25, 0.3) is 5.91 Å². The number of urea groups is 2. The Balaban J connectivity index is 1.50. The molecule has 2 fully saturated rings. The van der Waals surface area contributed by atoms with Gasteiger partial charge in [0.05, 0.1) is 52.8 Å². The van der Waals surface area contributed by atoms with Crippen molar-refractivity contribution in [2.45, 2.75) is 64.9 Å². The summed E-state index contributed by atoms with van der Waals surface area (Å²) >= 11 is 0. The van der Waals surface area contributed by atoms with Gasteiger partial charge in [-0.25, -0.2) is 14.6 Å². The molecule has 2 unspecified atom stereocenters. The quantitative estimate of drug-likeness (QED) is 0.0781. The number of benzene rings is 2. The molecule has 340 valence electrons. The number of nitrogens with one attached hydrogen (secondary N) is 6. The molecule has 2 heterocycles. The molecule has 2 aromatic rings. The zero-order valence-corrected chi connectivity index (χ0v) is 36.7. The number of amides is 6. The van der Waals surface area contributed by atoms with E-state index < -0.39 is 48.1 Å². The van der Waals surface area contributed by atoms with Gasteiger partial charge in [-0.05, 0) is 41.5 Å². The van der Waals surface area contributed by atoms with Crippen LogP contribution in [0.2, 0.25) is 0 Å². The molecule has 2 aromatic carbocycles. The number of aliphatic hydroxyl groups is 1. The van der Waals surface area contributed by atoms with Gasteiger partial charge in [-0.2, -0.15) is 0 Å². The highest BCUT2D eigenvalue weighted by atomic mass is 16.5. The molecule has 0 spiro atoms. The number of carbonyl (C=O) groups excluding carboxylic acids is 4. The summed E-state index contributed by atoms with van der Waals surface area (Å²) in [6.45, 7) is 15.2. The van der Waals surface area contributed by atoms with Crippen molar-refractivity contribution in [1.82, 2.24) is 46.8 Å². The van der Waals surface area contributed by atoms with E-state index in [1.807, 2.05) is 64.1 Å². The summed E-state index contributed by atoms with van der Waals surface area (Å²) in [5, 5.41) is 28.0. The van der Waals surface area contributed by atoms with Crippen LogP contribution in [0.4, 0.5) is 9.59 Å². The predicted octanol–water partition coefficient (Wildman–Crippen LogP) is 0.937. The Bertz CT molecular complexity index is 1640. The van der Waals surface area contributed by atoms with E-state index in [0.717, 1.165) is 37.3 Å². The number of hydrazine groups is 1. The van der Waals surface area contributed by atoms with Crippen molar-refractivity contribution in [3.8, 4) is 11.5 Å². The number of methoxy groups -OCH3 is 2. The summed E-state index contributed by atoms with van der Waals surface area (Å²) in [4.78, 5) is 58.5. The molecule has 0 saturated carbocycles. The molecule has 0 bridgehead atoms. The van der Waals surface area contributed by atoms with Gasteiger partial charge in [-0.1, -0.05) is 64.1 Å². The second-order valence-corrected chi connectivity index (χ2v) is 16.1. The van der Waals surface area contributed by atoms with Gasteiger partial charge in [0.15, 0.2) is 11.5 Å². The van der Waals surface area contributed by atoms with Gasteiger partial charge in [0.2, 0.25) is 5.91 Å². The normalized spacial score (nSPS) is 16.9. The Hall–Kier alpha value is -4.72. The molecule has 2 aliphatic heterocycles. The van der Waals surface area contributed by atoms with E-state index in [4.69, 9.17) is 18.9 Å². The number of hydrogen-bond donors (Lipinski definition) is 7. The average molecular weight is 856 g/mol. The Morgan fingerprint density at radius 1 is 0.705 bits per heavy atom. The zero-order chi connectivity index (χ0) is 44.1. The van der Waals surface area contributed by atoms with Crippen molar-refractivity contribution in [2.24, 2.45) is 11.8 Å². The Labute approximate surface area is 360 Å². The zero-order valence-electron chi connectivity index (χ0n) is 36.7. The lowest BCUT2D eigenvalue weighted by Crippen LogP contribution is -2.60. The third-order valence-corrected chi connectivity index (χ3v) is 10.7. The molecule has 18 heteroatoms. The fraction of sp³-hybridized carbons (Fsp3) is 0.628. The molecular weight excluding hydrogens is 787 g/mol. The molecular formula is C43H69N9O9. The summed E-state index contributed by atoms with van der Waals surface area (Å²) in [6, 6.07) is 11.2. The molecule has 2 aliphatic rings. The number of nitrogens with zero attached hydrogens (tertiary/aromatic N) is 3. The molecule has 0 aliphatic carbocycles. The summed E-state index contributed by atoms with van der Waals surface area (Å²) in [6.07, 6.45) is -0.975. The van der Waals surface area contributed by atoms with E-state index in [1.54, 1.807) is 17.1 Å². The van der Waals surface area contributed by atoms with Crippen LogP contribution in [0.5, 0.6) is 11.5 Å². The smallest absolute Gasteiger partial charge is 0.315 e. The highest BCUT2D eigenvalue weighted by Gasteiger charge is 2.32. The minimum Gasteiger partial charge on any atom is -0.493 e. The highest BCUT2D eigenvalue weighted by molar-refractivity contribution is 5.88. The van der Waals surface area contributed by atoms with Crippen LogP contribution in [0.25, 0.3) is 0 Å². The first-order valence-electron chi connectivity index (χ1n) is 21.3.